The van der Waals surface area contributed by atoms with Crippen molar-refractivity contribution in [3.05, 3.63) is 11.6 Å². The first-order chi connectivity index (χ1) is 9.37. The van der Waals surface area contributed by atoms with Gasteiger partial charge in [-0.25, -0.2) is 9.78 Å². The van der Waals surface area contributed by atoms with Gasteiger partial charge in [-0.1, -0.05) is 0 Å². The number of carbonyl (C=O) groups is 1. The maximum atomic E-state index is 12.2. The third kappa shape index (κ3) is 4.02. The van der Waals surface area contributed by atoms with Crippen molar-refractivity contribution in [3.8, 4) is 0 Å². The van der Waals surface area contributed by atoms with Crippen LogP contribution in [-0.2, 0) is 15.5 Å². The summed E-state index contributed by atoms with van der Waals surface area (Å²) in [4.78, 5) is 17.9. The lowest BCUT2D eigenvalue weighted by Crippen LogP contribution is -2.42. The van der Waals surface area contributed by atoms with Crippen LogP contribution in [0.5, 0.6) is 0 Å². The lowest BCUT2D eigenvalue weighted by Gasteiger charge is -2.28. The smallest absolute Gasteiger partial charge is 0.410 e. The topological polar surface area (TPSA) is 59.5 Å². The molecule has 1 aliphatic rings. The maximum absolute atomic E-state index is 12.2. The molecule has 1 aliphatic heterocycles. The molecule has 1 saturated heterocycles. The van der Waals surface area contributed by atoms with E-state index in [1.807, 2.05) is 26.2 Å². The van der Waals surface area contributed by atoms with E-state index in [4.69, 9.17) is 4.74 Å². The molecule has 5 nitrogen and oxygen atoms in total. The Morgan fingerprint density at radius 1 is 1.60 bits per heavy atom. The standard InChI is InChI=1S/C13H20N2O3S2/c1-13(2,3)18-12(16)15-7-4-5-10(15)9-20(17)11-14-6-8-19-11/h6,8,10H,4-5,7,9H2,1-3H3/t10-,20+/m0/s1. The van der Waals surface area contributed by atoms with Crippen LogP contribution < -0.4 is 0 Å². The van der Waals surface area contributed by atoms with Crippen molar-refractivity contribution in [1.29, 1.82) is 0 Å². The molecular formula is C13H20N2O3S2. The van der Waals surface area contributed by atoms with E-state index in [9.17, 15) is 9.00 Å². The minimum atomic E-state index is -1.14. The Kier molecular flexibility index (Phi) is 4.80. The molecule has 7 heteroatoms. The van der Waals surface area contributed by atoms with Crippen molar-refractivity contribution in [2.45, 2.75) is 49.6 Å². The second-order valence-electron chi connectivity index (χ2n) is 5.78. The Morgan fingerprint density at radius 3 is 2.95 bits per heavy atom. The molecule has 20 heavy (non-hydrogen) atoms. The minimum Gasteiger partial charge on any atom is -0.444 e. The Hall–Kier alpha value is -0.950. The van der Waals surface area contributed by atoms with Crippen molar-refractivity contribution in [1.82, 2.24) is 9.88 Å². The highest BCUT2D eigenvalue weighted by Crippen LogP contribution is 2.23. The molecule has 0 aliphatic carbocycles. The van der Waals surface area contributed by atoms with E-state index in [1.165, 1.54) is 11.3 Å². The molecular weight excluding hydrogens is 296 g/mol. The third-order valence-electron chi connectivity index (χ3n) is 2.95. The van der Waals surface area contributed by atoms with Crippen molar-refractivity contribution >= 4 is 28.2 Å². The number of aromatic nitrogens is 1. The highest BCUT2D eigenvalue weighted by atomic mass is 32.2. The number of ether oxygens (including phenoxy) is 1. The van der Waals surface area contributed by atoms with E-state index >= 15 is 0 Å². The molecule has 0 bridgehead atoms. The summed E-state index contributed by atoms with van der Waals surface area (Å²) < 4.78 is 18.2. The SMILES string of the molecule is CC(C)(C)OC(=O)N1CCC[C@H]1C[S@@](=O)c1nccs1. The summed E-state index contributed by atoms with van der Waals surface area (Å²) in [5, 5.41) is 1.81. The number of hydrogen-bond acceptors (Lipinski definition) is 5. The summed E-state index contributed by atoms with van der Waals surface area (Å²) in [5.74, 6) is 0.437. The van der Waals surface area contributed by atoms with Crippen LogP contribution in [0.3, 0.4) is 0 Å². The molecule has 1 amide bonds. The van der Waals surface area contributed by atoms with Gasteiger partial charge in [0.05, 0.1) is 16.6 Å². The molecule has 1 fully saturated rings. The van der Waals surface area contributed by atoms with Gasteiger partial charge in [-0.15, -0.1) is 11.3 Å². The van der Waals surface area contributed by atoms with E-state index in [0.29, 0.717) is 16.6 Å². The van der Waals surface area contributed by atoms with Crippen LogP contribution in [0.25, 0.3) is 0 Å². The Balaban J connectivity index is 1.97. The van der Waals surface area contributed by atoms with Gasteiger partial charge >= 0.3 is 6.09 Å². The summed E-state index contributed by atoms with van der Waals surface area (Å²) in [6.07, 6.45) is 3.14. The average Bonchev–Trinajstić information content (AvgIpc) is 2.96. The molecule has 2 rings (SSSR count). The molecule has 1 aromatic rings. The molecule has 112 valence electrons. The Bertz CT molecular complexity index is 482. The number of thiazole rings is 1. The summed E-state index contributed by atoms with van der Waals surface area (Å²) in [6.45, 7) is 6.23. The second-order valence-corrected chi connectivity index (χ2v) is 8.34. The van der Waals surface area contributed by atoms with E-state index in [-0.39, 0.29) is 12.1 Å². The first-order valence-corrected chi connectivity index (χ1v) is 8.84. The molecule has 0 N–H and O–H groups in total. The van der Waals surface area contributed by atoms with E-state index in [1.54, 1.807) is 11.1 Å². The van der Waals surface area contributed by atoms with Crippen LogP contribution in [-0.4, -0.2) is 44.1 Å². The van der Waals surface area contributed by atoms with Gasteiger partial charge in [0.25, 0.3) is 0 Å². The largest absolute Gasteiger partial charge is 0.444 e. The number of hydrogen-bond donors (Lipinski definition) is 0. The third-order valence-corrected chi connectivity index (χ3v) is 5.55. The summed E-state index contributed by atoms with van der Waals surface area (Å²) in [7, 11) is -1.14. The van der Waals surface area contributed by atoms with Crippen molar-refractivity contribution < 1.29 is 13.7 Å². The normalized spacial score (nSPS) is 20.9. The lowest BCUT2D eigenvalue weighted by atomic mass is 10.2. The summed E-state index contributed by atoms with van der Waals surface area (Å²) in [6, 6.07) is -0.0189. The molecule has 2 atom stereocenters. The fourth-order valence-corrected chi connectivity index (χ4v) is 4.32. The lowest BCUT2D eigenvalue weighted by molar-refractivity contribution is 0.0241. The number of nitrogens with zero attached hydrogens (tertiary/aromatic N) is 2. The summed E-state index contributed by atoms with van der Waals surface area (Å²) >= 11 is 1.39. The maximum Gasteiger partial charge on any atom is 0.410 e. The van der Waals surface area contributed by atoms with Crippen LogP contribution in [0.15, 0.2) is 15.9 Å². The minimum absolute atomic E-state index is 0.0189. The molecule has 0 saturated carbocycles. The molecule has 0 spiro atoms. The first-order valence-electron chi connectivity index (χ1n) is 6.64. The first kappa shape index (κ1) is 15.4. The number of rotatable bonds is 3. The number of likely N-dealkylation sites (tertiary alicyclic amines) is 1. The van der Waals surface area contributed by atoms with Crippen LogP contribution >= 0.6 is 11.3 Å². The molecule has 1 aromatic heterocycles. The zero-order valence-corrected chi connectivity index (χ0v) is 13.6. The van der Waals surface area contributed by atoms with E-state index in [0.717, 1.165) is 12.8 Å². The fourth-order valence-electron chi connectivity index (χ4n) is 2.14. The van der Waals surface area contributed by atoms with Gasteiger partial charge in [0.2, 0.25) is 0 Å². The van der Waals surface area contributed by atoms with Gasteiger partial charge in [0.1, 0.15) is 5.60 Å². The van der Waals surface area contributed by atoms with Crippen LogP contribution in [0, 0.1) is 0 Å². The van der Waals surface area contributed by atoms with Gasteiger partial charge in [-0.3, -0.25) is 4.21 Å². The van der Waals surface area contributed by atoms with Crippen molar-refractivity contribution in [3.63, 3.8) is 0 Å². The molecule has 0 radical (unpaired) electrons. The molecule has 0 aromatic carbocycles. The van der Waals surface area contributed by atoms with Gasteiger partial charge in [-0.2, -0.15) is 0 Å². The fraction of sp³-hybridized carbons (Fsp3) is 0.692. The van der Waals surface area contributed by atoms with Crippen LogP contribution in [0.4, 0.5) is 4.79 Å². The quantitative estimate of drug-likeness (QED) is 0.860. The highest BCUT2D eigenvalue weighted by molar-refractivity contribution is 7.87. The monoisotopic (exact) mass is 316 g/mol. The predicted octanol–water partition coefficient (Wildman–Crippen LogP) is 2.65. The predicted molar refractivity (Wildman–Crippen MR) is 79.4 cm³/mol. The van der Waals surface area contributed by atoms with Crippen LogP contribution in [0.2, 0.25) is 0 Å². The van der Waals surface area contributed by atoms with E-state index < -0.39 is 16.4 Å². The van der Waals surface area contributed by atoms with Gasteiger partial charge < -0.3 is 9.64 Å². The average molecular weight is 316 g/mol. The zero-order valence-electron chi connectivity index (χ0n) is 12.0. The molecule has 2 heterocycles. The van der Waals surface area contributed by atoms with Gasteiger partial charge in [0.15, 0.2) is 4.34 Å². The number of amides is 1. The second kappa shape index (κ2) is 6.22. The number of carbonyl (C=O) groups excluding carboxylic acids is 1. The Labute approximate surface area is 125 Å². The van der Waals surface area contributed by atoms with Gasteiger partial charge in [-0.05, 0) is 33.6 Å². The van der Waals surface area contributed by atoms with Crippen LogP contribution in [0.1, 0.15) is 33.6 Å². The molecule has 0 unspecified atom stereocenters. The van der Waals surface area contributed by atoms with E-state index in [2.05, 4.69) is 4.98 Å². The Morgan fingerprint density at radius 2 is 2.35 bits per heavy atom. The highest BCUT2D eigenvalue weighted by Gasteiger charge is 2.33. The summed E-state index contributed by atoms with van der Waals surface area (Å²) in [5.41, 5.74) is -0.501. The van der Waals surface area contributed by atoms with Crippen molar-refractivity contribution in [2.24, 2.45) is 0 Å². The zero-order chi connectivity index (χ0) is 14.8. The van der Waals surface area contributed by atoms with Crippen molar-refractivity contribution in [2.75, 3.05) is 12.3 Å². The van der Waals surface area contributed by atoms with Gasteiger partial charge in [0, 0.05) is 24.2 Å².